The quantitative estimate of drug-likeness (QED) is 0.575. The number of thioether (sulfide) groups is 1. The highest BCUT2D eigenvalue weighted by Gasteiger charge is 2.19. The van der Waals surface area contributed by atoms with E-state index in [0.29, 0.717) is 5.75 Å². The Balaban J connectivity index is 1.67. The second-order valence-electron chi connectivity index (χ2n) is 6.70. The van der Waals surface area contributed by atoms with E-state index in [1.165, 1.54) is 16.6 Å². The summed E-state index contributed by atoms with van der Waals surface area (Å²) in [7, 11) is 0. The highest BCUT2D eigenvalue weighted by molar-refractivity contribution is 7.99. The summed E-state index contributed by atoms with van der Waals surface area (Å²) < 4.78 is 2.10. The van der Waals surface area contributed by atoms with E-state index in [9.17, 15) is 4.79 Å². The average molecular weight is 401 g/mol. The molecule has 3 rings (SSSR count). The van der Waals surface area contributed by atoms with Crippen molar-refractivity contribution in [2.45, 2.75) is 44.9 Å². The Morgan fingerprint density at radius 3 is 2.59 bits per heavy atom. The number of rotatable bonds is 7. The summed E-state index contributed by atoms with van der Waals surface area (Å²) in [4.78, 5) is 13.6. The van der Waals surface area contributed by atoms with Gasteiger partial charge in [0.15, 0.2) is 11.0 Å². The fourth-order valence-corrected chi connectivity index (χ4v) is 4.40. The van der Waals surface area contributed by atoms with Crippen molar-refractivity contribution in [1.82, 2.24) is 20.1 Å². The van der Waals surface area contributed by atoms with Gasteiger partial charge in [0.2, 0.25) is 5.91 Å². The van der Waals surface area contributed by atoms with Crippen molar-refractivity contribution in [3.63, 3.8) is 0 Å². The van der Waals surface area contributed by atoms with Crippen LogP contribution in [0.3, 0.4) is 0 Å². The molecule has 0 bridgehead atoms. The standard InChI is InChI=1S/C20H24N4OS2/c1-13(2)24-19(17-10-14(3)26-11-17)22-23-20(24)27-12-18(25)21-15(4)16-8-6-5-7-9-16/h5-11,13,15H,12H2,1-4H3,(H,21,25). The predicted molar refractivity (Wildman–Crippen MR) is 112 cm³/mol. The lowest BCUT2D eigenvalue weighted by Crippen LogP contribution is -2.28. The maximum atomic E-state index is 12.4. The summed E-state index contributed by atoms with van der Waals surface area (Å²) in [6, 6.07) is 12.3. The summed E-state index contributed by atoms with van der Waals surface area (Å²) in [5.41, 5.74) is 2.17. The SMILES string of the molecule is Cc1cc(-c2nnc(SCC(=O)NC(C)c3ccccc3)n2C(C)C)cs1. The van der Waals surface area contributed by atoms with Crippen molar-refractivity contribution in [2.24, 2.45) is 0 Å². The topological polar surface area (TPSA) is 59.8 Å². The summed E-state index contributed by atoms with van der Waals surface area (Å²) in [5.74, 6) is 1.16. The molecule has 3 aromatic rings. The number of thiophene rings is 1. The lowest BCUT2D eigenvalue weighted by molar-refractivity contribution is -0.119. The van der Waals surface area contributed by atoms with Gasteiger partial charge in [0, 0.05) is 21.9 Å². The van der Waals surface area contributed by atoms with Crippen molar-refractivity contribution in [1.29, 1.82) is 0 Å². The van der Waals surface area contributed by atoms with Gasteiger partial charge in [0.25, 0.3) is 0 Å². The molecule has 2 aromatic heterocycles. The number of nitrogens with zero attached hydrogens (tertiary/aromatic N) is 3. The summed E-state index contributed by atoms with van der Waals surface area (Å²) >= 11 is 3.12. The molecule has 27 heavy (non-hydrogen) atoms. The van der Waals surface area contributed by atoms with Gasteiger partial charge in [-0.3, -0.25) is 9.36 Å². The molecular formula is C20H24N4OS2. The first-order valence-electron chi connectivity index (χ1n) is 8.93. The van der Waals surface area contributed by atoms with Crippen LogP contribution in [0.2, 0.25) is 0 Å². The summed E-state index contributed by atoms with van der Waals surface area (Å²) in [5, 5.41) is 14.6. The molecular weight excluding hydrogens is 376 g/mol. The summed E-state index contributed by atoms with van der Waals surface area (Å²) in [6.45, 7) is 8.28. The number of aryl methyl sites for hydroxylation is 1. The fraction of sp³-hybridized carbons (Fsp3) is 0.350. The number of hydrogen-bond donors (Lipinski definition) is 1. The number of aromatic nitrogens is 3. The van der Waals surface area contributed by atoms with E-state index in [4.69, 9.17) is 0 Å². The Bertz CT molecular complexity index is 902. The highest BCUT2D eigenvalue weighted by atomic mass is 32.2. The smallest absolute Gasteiger partial charge is 0.230 e. The first kappa shape index (κ1) is 19.6. The summed E-state index contributed by atoms with van der Waals surface area (Å²) in [6.07, 6.45) is 0. The molecule has 0 radical (unpaired) electrons. The van der Waals surface area contributed by atoms with Crippen molar-refractivity contribution in [2.75, 3.05) is 5.75 Å². The molecule has 1 N–H and O–H groups in total. The maximum Gasteiger partial charge on any atom is 0.230 e. The van der Waals surface area contributed by atoms with Crippen LogP contribution in [-0.4, -0.2) is 26.4 Å². The third kappa shape index (κ3) is 4.78. The predicted octanol–water partition coefficient (Wildman–Crippen LogP) is 4.87. The second-order valence-corrected chi connectivity index (χ2v) is 8.76. The third-order valence-electron chi connectivity index (χ3n) is 4.18. The minimum absolute atomic E-state index is 0.0115. The monoisotopic (exact) mass is 400 g/mol. The third-order valence-corrected chi connectivity index (χ3v) is 5.98. The molecule has 0 aliphatic rings. The Morgan fingerprint density at radius 1 is 1.22 bits per heavy atom. The molecule has 7 heteroatoms. The Labute approximate surface area is 168 Å². The lowest BCUT2D eigenvalue weighted by Gasteiger charge is -2.15. The molecule has 142 valence electrons. The van der Waals surface area contributed by atoms with Crippen LogP contribution in [0.4, 0.5) is 0 Å². The number of carbonyl (C=O) groups excluding carboxylic acids is 1. The van der Waals surface area contributed by atoms with Gasteiger partial charge in [-0.15, -0.1) is 21.5 Å². The van der Waals surface area contributed by atoms with Gasteiger partial charge in [-0.25, -0.2) is 0 Å². The number of amides is 1. The number of carbonyl (C=O) groups is 1. The Hall–Kier alpha value is -2.12. The molecule has 0 fully saturated rings. The molecule has 2 heterocycles. The fourth-order valence-electron chi connectivity index (χ4n) is 2.84. The zero-order valence-corrected chi connectivity index (χ0v) is 17.6. The molecule has 5 nitrogen and oxygen atoms in total. The van der Waals surface area contributed by atoms with Crippen molar-refractivity contribution in [3.8, 4) is 11.4 Å². The van der Waals surface area contributed by atoms with Gasteiger partial charge >= 0.3 is 0 Å². The first-order chi connectivity index (χ1) is 13.0. The van der Waals surface area contributed by atoms with E-state index in [-0.39, 0.29) is 18.0 Å². The minimum atomic E-state index is -0.0217. The van der Waals surface area contributed by atoms with Crippen LogP contribution in [0.25, 0.3) is 11.4 Å². The van der Waals surface area contributed by atoms with Crippen molar-refractivity contribution in [3.05, 3.63) is 52.2 Å². The van der Waals surface area contributed by atoms with E-state index >= 15 is 0 Å². The first-order valence-corrected chi connectivity index (χ1v) is 10.8. The van der Waals surface area contributed by atoms with Crippen LogP contribution >= 0.6 is 23.1 Å². The second kappa shape index (κ2) is 8.71. The normalized spacial score (nSPS) is 12.3. The molecule has 1 unspecified atom stereocenters. The molecule has 0 saturated heterocycles. The lowest BCUT2D eigenvalue weighted by atomic mass is 10.1. The average Bonchev–Trinajstić information content (AvgIpc) is 3.26. The van der Waals surface area contributed by atoms with Crippen molar-refractivity contribution >= 4 is 29.0 Å². The zero-order valence-electron chi connectivity index (χ0n) is 16.0. The Kier molecular flexibility index (Phi) is 6.34. The maximum absolute atomic E-state index is 12.4. The van der Waals surface area contributed by atoms with E-state index in [1.807, 2.05) is 37.3 Å². The van der Waals surface area contributed by atoms with Gasteiger partial charge in [0.05, 0.1) is 11.8 Å². The van der Waals surface area contributed by atoms with E-state index in [2.05, 4.69) is 52.3 Å². The van der Waals surface area contributed by atoms with E-state index in [1.54, 1.807) is 11.3 Å². The van der Waals surface area contributed by atoms with Crippen LogP contribution in [0.1, 0.15) is 43.3 Å². The van der Waals surface area contributed by atoms with Crippen LogP contribution in [0.15, 0.2) is 46.9 Å². The van der Waals surface area contributed by atoms with Gasteiger partial charge < -0.3 is 5.32 Å². The van der Waals surface area contributed by atoms with Gasteiger partial charge in [-0.05, 0) is 39.3 Å². The van der Waals surface area contributed by atoms with E-state index in [0.717, 1.165) is 22.1 Å². The largest absolute Gasteiger partial charge is 0.349 e. The number of benzene rings is 1. The van der Waals surface area contributed by atoms with E-state index < -0.39 is 0 Å². The van der Waals surface area contributed by atoms with Crippen LogP contribution in [0, 0.1) is 6.92 Å². The number of nitrogens with one attached hydrogen (secondary N) is 1. The highest BCUT2D eigenvalue weighted by Crippen LogP contribution is 2.30. The molecule has 0 aliphatic heterocycles. The van der Waals surface area contributed by atoms with Crippen molar-refractivity contribution < 1.29 is 4.79 Å². The Morgan fingerprint density at radius 2 is 1.96 bits per heavy atom. The van der Waals surface area contributed by atoms with Crippen LogP contribution in [-0.2, 0) is 4.79 Å². The molecule has 1 atom stereocenters. The molecule has 1 aromatic carbocycles. The zero-order chi connectivity index (χ0) is 19.4. The minimum Gasteiger partial charge on any atom is -0.349 e. The van der Waals surface area contributed by atoms with Crippen LogP contribution in [0.5, 0.6) is 0 Å². The number of hydrogen-bond acceptors (Lipinski definition) is 5. The molecule has 1 amide bonds. The van der Waals surface area contributed by atoms with Crippen LogP contribution < -0.4 is 5.32 Å². The molecule has 0 aliphatic carbocycles. The molecule has 0 saturated carbocycles. The van der Waals surface area contributed by atoms with Gasteiger partial charge in [-0.2, -0.15) is 0 Å². The van der Waals surface area contributed by atoms with Gasteiger partial charge in [-0.1, -0.05) is 42.1 Å². The molecule has 0 spiro atoms. The van der Waals surface area contributed by atoms with Gasteiger partial charge in [0.1, 0.15) is 0 Å².